The molecule has 36 heavy (non-hydrogen) atoms. The zero-order valence-electron chi connectivity index (χ0n) is 20.7. The van der Waals surface area contributed by atoms with Gasteiger partial charge in [0, 0.05) is 44.8 Å². The number of anilines is 1. The maximum Gasteiger partial charge on any atom is 0.248 e. The fourth-order valence-corrected chi connectivity index (χ4v) is 4.73. The molecule has 1 amide bonds. The number of carbonyl (C=O) groups excluding carboxylic acids is 1. The SMILES string of the molecule is COc1ccccc1-c1coc2c(C)c(OC)c(/C(C)=C/C(=O)Nc3cccc4ccccc34)cc12. The number of methoxy groups -OCH3 is 2. The maximum atomic E-state index is 13.0. The molecule has 5 heteroatoms. The van der Waals surface area contributed by atoms with Crippen LogP contribution in [-0.4, -0.2) is 20.1 Å². The van der Waals surface area contributed by atoms with Gasteiger partial charge in [-0.3, -0.25) is 4.79 Å². The fraction of sp³-hybridized carbons (Fsp3) is 0.129. The number of rotatable bonds is 6. The monoisotopic (exact) mass is 477 g/mol. The quantitative estimate of drug-likeness (QED) is 0.256. The van der Waals surface area contributed by atoms with Gasteiger partial charge >= 0.3 is 0 Å². The summed E-state index contributed by atoms with van der Waals surface area (Å²) < 4.78 is 17.3. The van der Waals surface area contributed by atoms with Crippen molar-refractivity contribution in [3.05, 3.63) is 96.3 Å². The Morgan fingerprint density at radius 3 is 2.44 bits per heavy atom. The minimum absolute atomic E-state index is 0.208. The molecule has 0 aliphatic heterocycles. The van der Waals surface area contributed by atoms with Crippen LogP contribution in [-0.2, 0) is 4.79 Å². The van der Waals surface area contributed by atoms with Gasteiger partial charge in [-0.1, -0.05) is 54.6 Å². The average Bonchev–Trinajstić information content (AvgIpc) is 3.33. The number of carbonyl (C=O) groups is 1. The predicted molar refractivity (Wildman–Crippen MR) is 146 cm³/mol. The van der Waals surface area contributed by atoms with Gasteiger partial charge in [0.25, 0.3) is 0 Å². The van der Waals surface area contributed by atoms with Gasteiger partial charge in [0.15, 0.2) is 0 Å². The molecule has 0 atom stereocenters. The highest BCUT2D eigenvalue weighted by Crippen LogP contribution is 2.42. The third-order valence-corrected chi connectivity index (χ3v) is 6.47. The minimum atomic E-state index is -0.208. The van der Waals surface area contributed by atoms with E-state index in [1.807, 2.05) is 86.6 Å². The van der Waals surface area contributed by atoms with Gasteiger partial charge in [-0.15, -0.1) is 0 Å². The summed E-state index contributed by atoms with van der Waals surface area (Å²) in [6.45, 7) is 3.87. The molecule has 5 nitrogen and oxygen atoms in total. The number of para-hydroxylation sites is 1. The van der Waals surface area contributed by atoms with Crippen molar-refractivity contribution in [1.29, 1.82) is 0 Å². The smallest absolute Gasteiger partial charge is 0.248 e. The number of hydrogen-bond donors (Lipinski definition) is 1. The molecule has 0 saturated heterocycles. The van der Waals surface area contributed by atoms with Crippen LogP contribution >= 0.6 is 0 Å². The molecule has 180 valence electrons. The van der Waals surface area contributed by atoms with Crippen molar-refractivity contribution in [2.24, 2.45) is 0 Å². The van der Waals surface area contributed by atoms with Gasteiger partial charge in [0.1, 0.15) is 17.1 Å². The molecular formula is C31H27NO4. The Morgan fingerprint density at radius 1 is 0.889 bits per heavy atom. The highest BCUT2D eigenvalue weighted by molar-refractivity contribution is 6.09. The summed E-state index contributed by atoms with van der Waals surface area (Å²) in [7, 11) is 3.29. The van der Waals surface area contributed by atoms with E-state index in [2.05, 4.69) is 5.32 Å². The summed E-state index contributed by atoms with van der Waals surface area (Å²) in [5.74, 6) is 1.23. The molecule has 5 aromatic rings. The van der Waals surface area contributed by atoms with E-state index in [0.29, 0.717) is 5.75 Å². The lowest BCUT2D eigenvalue weighted by Gasteiger charge is -2.14. The first kappa shape index (κ1) is 23.2. The van der Waals surface area contributed by atoms with E-state index in [9.17, 15) is 4.79 Å². The molecule has 1 N–H and O–H groups in total. The van der Waals surface area contributed by atoms with Gasteiger partial charge in [-0.05, 0) is 43.0 Å². The van der Waals surface area contributed by atoms with E-state index in [-0.39, 0.29) is 5.91 Å². The lowest BCUT2D eigenvalue weighted by atomic mass is 9.96. The highest BCUT2D eigenvalue weighted by Gasteiger charge is 2.20. The molecule has 0 spiro atoms. The molecule has 0 aliphatic carbocycles. The average molecular weight is 478 g/mol. The topological polar surface area (TPSA) is 60.7 Å². The molecule has 0 fully saturated rings. The zero-order chi connectivity index (χ0) is 25.2. The molecular weight excluding hydrogens is 450 g/mol. The van der Waals surface area contributed by atoms with Crippen LogP contribution in [0.3, 0.4) is 0 Å². The number of aryl methyl sites for hydroxylation is 1. The number of furan rings is 1. The van der Waals surface area contributed by atoms with Gasteiger partial charge < -0.3 is 19.2 Å². The number of benzene rings is 4. The Kier molecular flexibility index (Phi) is 6.21. The van der Waals surface area contributed by atoms with E-state index < -0.39 is 0 Å². The molecule has 1 aromatic heterocycles. The van der Waals surface area contributed by atoms with E-state index in [4.69, 9.17) is 13.9 Å². The first-order valence-corrected chi connectivity index (χ1v) is 11.7. The third kappa shape index (κ3) is 4.09. The number of hydrogen-bond acceptors (Lipinski definition) is 4. The Balaban J connectivity index is 1.57. The van der Waals surface area contributed by atoms with Crippen molar-refractivity contribution < 1.29 is 18.7 Å². The van der Waals surface area contributed by atoms with Gasteiger partial charge in [-0.2, -0.15) is 0 Å². The summed E-state index contributed by atoms with van der Waals surface area (Å²) in [5, 5.41) is 6.02. The second-order valence-corrected chi connectivity index (χ2v) is 8.65. The van der Waals surface area contributed by atoms with Crippen molar-refractivity contribution in [1.82, 2.24) is 0 Å². The molecule has 0 unspecified atom stereocenters. The predicted octanol–water partition coefficient (Wildman–Crippen LogP) is 7.62. The van der Waals surface area contributed by atoms with Crippen molar-refractivity contribution in [2.75, 3.05) is 19.5 Å². The van der Waals surface area contributed by atoms with Crippen molar-refractivity contribution in [3.8, 4) is 22.6 Å². The lowest BCUT2D eigenvalue weighted by molar-refractivity contribution is -0.111. The number of ether oxygens (including phenoxy) is 2. The summed E-state index contributed by atoms with van der Waals surface area (Å²) in [6.07, 6.45) is 3.35. The van der Waals surface area contributed by atoms with E-state index in [0.717, 1.165) is 61.0 Å². The molecule has 0 aliphatic rings. The Labute approximate surface area is 210 Å². The normalized spacial score (nSPS) is 11.6. The van der Waals surface area contributed by atoms with Crippen molar-refractivity contribution >= 4 is 38.9 Å². The second-order valence-electron chi connectivity index (χ2n) is 8.65. The molecule has 4 aromatic carbocycles. The zero-order valence-corrected chi connectivity index (χ0v) is 20.7. The van der Waals surface area contributed by atoms with Crippen LogP contribution in [0.2, 0.25) is 0 Å². The van der Waals surface area contributed by atoms with E-state index >= 15 is 0 Å². The molecule has 0 radical (unpaired) electrons. The van der Waals surface area contributed by atoms with Gasteiger partial charge in [0.2, 0.25) is 5.91 Å². The van der Waals surface area contributed by atoms with Crippen LogP contribution in [0, 0.1) is 6.92 Å². The first-order chi connectivity index (χ1) is 17.5. The minimum Gasteiger partial charge on any atom is -0.496 e. The Morgan fingerprint density at radius 2 is 1.64 bits per heavy atom. The van der Waals surface area contributed by atoms with Crippen LogP contribution in [0.15, 0.2) is 89.6 Å². The summed E-state index contributed by atoms with van der Waals surface area (Å²) in [5.41, 5.74) is 5.84. The Hall–Kier alpha value is -4.51. The largest absolute Gasteiger partial charge is 0.496 e. The molecule has 1 heterocycles. The number of allylic oxidation sites excluding steroid dienone is 1. The molecule has 0 bridgehead atoms. The standard InChI is InChI=1S/C31H27NO4/c1-19(16-29(33)32-27-14-9-11-21-10-5-6-12-22(21)27)24-17-25-26(23-13-7-8-15-28(23)34-3)18-36-31(25)20(2)30(24)35-4/h5-18H,1-4H3,(H,32,33)/b19-16+. The van der Waals surface area contributed by atoms with E-state index in [1.165, 1.54) is 0 Å². The van der Waals surface area contributed by atoms with Crippen LogP contribution in [0.25, 0.3) is 38.4 Å². The summed E-state index contributed by atoms with van der Waals surface area (Å²) in [6, 6.07) is 23.7. The van der Waals surface area contributed by atoms with Gasteiger partial charge in [-0.25, -0.2) is 0 Å². The second kappa shape index (κ2) is 9.62. The van der Waals surface area contributed by atoms with Gasteiger partial charge in [0.05, 0.1) is 20.5 Å². The Bertz CT molecular complexity index is 1620. The number of nitrogens with one attached hydrogen (secondary N) is 1. The van der Waals surface area contributed by atoms with Crippen LogP contribution in [0.5, 0.6) is 11.5 Å². The summed E-state index contributed by atoms with van der Waals surface area (Å²) in [4.78, 5) is 13.0. The maximum absolute atomic E-state index is 13.0. The lowest BCUT2D eigenvalue weighted by Crippen LogP contribution is -2.09. The first-order valence-electron chi connectivity index (χ1n) is 11.7. The third-order valence-electron chi connectivity index (χ3n) is 6.47. The number of fused-ring (bicyclic) bond motifs is 2. The van der Waals surface area contributed by atoms with Crippen molar-refractivity contribution in [3.63, 3.8) is 0 Å². The molecule has 0 saturated carbocycles. The van der Waals surface area contributed by atoms with Crippen molar-refractivity contribution in [2.45, 2.75) is 13.8 Å². The van der Waals surface area contributed by atoms with Crippen LogP contribution in [0.4, 0.5) is 5.69 Å². The van der Waals surface area contributed by atoms with Crippen LogP contribution in [0.1, 0.15) is 18.1 Å². The highest BCUT2D eigenvalue weighted by atomic mass is 16.5. The fourth-order valence-electron chi connectivity index (χ4n) is 4.73. The summed E-state index contributed by atoms with van der Waals surface area (Å²) >= 11 is 0. The molecule has 5 rings (SSSR count). The van der Waals surface area contributed by atoms with E-state index in [1.54, 1.807) is 26.6 Å². The number of amides is 1. The van der Waals surface area contributed by atoms with Crippen LogP contribution < -0.4 is 14.8 Å².